The van der Waals surface area contributed by atoms with E-state index in [0.717, 1.165) is 22.3 Å². The molecule has 0 aliphatic carbocycles. The van der Waals surface area contributed by atoms with Crippen LogP contribution in [0.3, 0.4) is 0 Å². The highest BCUT2D eigenvalue weighted by molar-refractivity contribution is 6.06. The number of rotatable bonds is 4. The SMILES string of the molecule is COc1ccc([C@H]2C(C(=O)Nc3ccc(F)cc3)=C(C)Nc3nc4ccccc4n32)cc1. The van der Waals surface area contributed by atoms with Crippen LogP contribution in [-0.2, 0) is 4.79 Å². The summed E-state index contributed by atoms with van der Waals surface area (Å²) in [5, 5.41) is 6.18. The van der Waals surface area contributed by atoms with E-state index in [1.807, 2.05) is 60.0 Å². The maximum absolute atomic E-state index is 13.5. The molecule has 1 aliphatic rings. The number of nitrogens with one attached hydrogen (secondary N) is 2. The maximum atomic E-state index is 13.5. The van der Waals surface area contributed by atoms with E-state index in [0.29, 0.717) is 22.9 Å². The number of hydrogen-bond acceptors (Lipinski definition) is 4. The van der Waals surface area contributed by atoms with Gasteiger partial charge < -0.3 is 15.4 Å². The Labute approximate surface area is 184 Å². The summed E-state index contributed by atoms with van der Waals surface area (Å²) in [6.07, 6.45) is 0. The first kappa shape index (κ1) is 19.8. The molecule has 7 heteroatoms. The van der Waals surface area contributed by atoms with Crippen molar-refractivity contribution in [3.05, 3.63) is 95.4 Å². The molecular formula is C25H21FN4O2. The molecule has 0 unspecified atom stereocenters. The molecule has 0 spiro atoms. The summed E-state index contributed by atoms with van der Waals surface area (Å²) in [4.78, 5) is 18.2. The first-order valence-corrected chi connectivity index (χ1v) is 10.2. The number of carbonyl (C=O) groups excluding carboxylic acids is 1. The summed E-state index contributed by atoms with van der Waals surface area (Å²) >= 11 is 0. The van der Waals surface area contributed by atoms with Gasteiger partial charge in [-0.25, -0.2) is 9.37 Å². The number of aromatic nitrogens is 2. The number of para-hydroxylation sites is 2. The second-order valence-electron chi connectivity index (χ2n) is 7.59. The van der Waals surface area contributed by atoms with Crippen LogP contribution < -0.4 is 15.4 Å². The molecule has 4 aromatic rings. The Morgan fingerprint density at radius 2 is 1.78 bits per heavy atom. The predicted octanol–water partition coefficient (Wildman–Crippen LogP) is 5.11. The lowest BCUT2D eigenvalue weighted by atomic mass is 9.94. The third-order valence-electron chi connectivity index (χ3n) is 5.61. The van der Waals surface area contributed by atoms with Gasteiger partial charge in [-0.15, -0.1) is 0 Å². The molecule has 5 rings (SSSR count). The van der Waals surface area contributed by atoms with E-state index in [2.05, 4.69) is 10.6 Å². The Hall–Kier alpha value is -4.13. The van der Waals surface area contributed by atoms with Crippen LogP contribution in [0.15, 0.2) is 84.1 Å². The van der Waals surface area contributed by atoms with Gasteiger partial charge in [-0.1, -0.05) is 24.3 Å². The summed E-state index contributed by atoms with van der Waals surface area (Å²) in [6, 6.07) is 20.8. The molecule has 2 N–H and O–H groups in total. The van der Waals surface area contributed by atoms with E-state index in [-0.39, 0.29) is 11.7 Å². The first-order chi connectivity index (χ1) is 15.5. The zero-order valence-electron chi connectivity index (χ0n) is 17.6. The van der Waals surface area contributed by atoms with E-state index in [1.165, 1.54) is 12.1 Å². The Balaban J connectivity index is 1.64. The quantitative estimate of drug-likeness (QED) is 0.474. The molecule has 2 heterocycles. The van der Waals surface area contributed by atoms with Gasteiger partial charge >= 0.3 is 0 Å². The minimum atomic E-state index is -0.412. The van der Waals surface area contributed by atoms with Gasteiger partial charge in [-0.3, -0.25) is 9.36 Å². The number of imidazole rings is 1. The smallest absolute Gasteiger partial charge is 0.255 e. The summed E-state index contributed by atoms with van der Waals surface area (Å²) in [7, 11) is 1.62. The molecular weight excluding hydrogens is 407 g/mol. The molecule has 6 nitrogen and oxygen atoms in total. The molecule has 0 radical (unpaired) electrons. The number of hydrogen-bond donors (Lipinski definition) is 2. The predicted molar refractivity (Wildman–Crippen MR) is 122 cm³/mol. The highest BCUT2D eigenvalue weighted by atomic mass is 19.1. The molecule has 0 saturated heterocycles. The number of halogens is 1. The van der Waals surface area contributed by atoms with Crippen LogP contribution in [0.1, 0.15) is 18.5 Å². The number of carbonyl (C=O) groups is 1. The zero-order valence-corrected chi connectivity index (χ0v) is 17.6. The standard InChI is InChI=1S/C25H21FN4O2/c1-15-22(24(31)28-18-11-9-17(26)10-12-18)23(16-7-13-19(32-2)14-8-16)30-21-6-4-3-5-20(21)29-25(30)27-15/h3-14,23H,1-2H3,(H,27,29)(H,28,31)/t23-/m0/s1. The topological polar surface area (TPSA) is 68.2 Å². The third-order valence-corrected chi connectivity index (χ3v) is 5.61. The highest BCUT2D eigenvalue weighted by Gasteiger charge is 2.34. The normalized spacial score (nSPS) is 15.3. The minimum absolute atomic E-state index is 0.272. The van der Waals surface area contributed by atoms with Crippen molar-refractivity contribution in [3.63, 3.8) is 0 Å². The Kier molecular flexibility index (Phi) is 4.86. The number of allylic oxidation sites excluding steroid dienone is 1. The van der Waals surface area contributed by atoms with E-state index in [9.17, 15) is 9.18 Å². The zero-order chi connectivity index (χ0) is 22.2. The number of fused-ring (bicyclic) bond motifs is 3. The molecule has 1 aromatic heterocycles. The Morgan fingerprint density at radius 1 is 1.06 bits per heavy atom. The van der Waals surface area contributed by atoms with Crippen molar-refractivity contribution < 1.29 is 13.9 Å². The van der Waals surface area contributed by atoms with Gasteiger partial charge in [-0.05, 0) is 61.0 Å². The second-order valence-corrected chi connectivity index (χ2v) is 7.59. The van der Waals surface area contributed by atoms with Crippen molar-refractivity contribution in [2.75, 3.05) is 17.7 Å². The average Bonchev–Trinajstić information content (AvgIpc) is 3.17. The fourth-order valence-electron chi connectivity index (χ4n) is 4.09. The summed E-state index contributed by atoms with van der Waals surface area (Å²) < 4.78 is 20.7. The van der Waals surface area contributed by atoms with Crippen molar-refractivity contribution in [1.29, 1.82) is 0 Å². The number of ether oxygens (including phenoxy) is 1. The number of amides is 1. The largest absolute Gasteiger partial charge is 0.497 e. The first-order valence-electron chi connectivity index (χ1n) is 10.2. The lowest BCUT2D eigenvalue weighted by molar-refractivity contribution is -0.113. The average molecular weight is 428 g/mol. The van der Waals surface area contributed by atoms with Gasteiger partial charge in [0.1, 0.15) is 11.6 Å². The van der Waals surface area contributed by atoms with Gasteiger partial charge in [0.25, 0.3) is 5.91 Å². The fraction of sp³-hybridized carbons (Fsp3) is 0.120. The van der Waals surface area contributed by atoms with E-state index >= 15 is 0 Å². The minimum Gasteiger partial charge on any atom is -0.497 e. The molecule has 1 aliphatic heterocycles. The van der Waals surface area contributed by atoms with E-state index in [4.69, 9.17) is 9.72 Å². The molecule has 0 fully saturated rings. The van der Waals surface area contributed by atoms with Crippen LogP contribution in [0.4, 0.5) is 16.0 Å². The number of benzene rings is 3. The van der Waals surface area contributed by atoms with E-state index < -0.39 is 6.04 Å². The van der Waals surface area contributed by atoms with Gasteiger partial charge in [0.2, 0.25) is 5.95 Å². The van der Waals surface area contributed by atoms with Gasteiger partial charge in [0.15, 0.2) is 0 Å². The summed E-state index contributed by atoms with van der Waals surface area (Å²) in [5.41, 5.74) is 4.44. The van der Waals surface area contributed by atoms with Gasteiger partial charge in [0, 0.05) is 11.4 Å². The van der Waals surface area contributed by atoms with Crippen molar-refractivity contribution >= 4 is 28.6 Å². The second kappa shape index (κ2) is 7.85. The van der Waals surface area contributed by atoms with Crippen LogP contribution in [0.5, 0.6) is 5.75 Å². The molecule has 0 saturated carbocycles. The Bertz CT molecular complexity index is 1340. The van der Waals surface area contributed by atoms with Crippen LogP contribution >= 0.6 is 0 Å². The number of anilines is 2. The van der Waals surface area contributed by atoms with Crippen molar-refractivity contribution in [2.45, 2.75) is 13.0 Å². The van der Waals surface area contributed by atoms with Crippen LogP contribution in [0, 0.1) is 5.82 Å². The maximum Gasteiger partial charge on any atom is 0.255 e. The van der Waals surface area contributed by atoms with E-state index in [1.54, 1.807) is 19.2 Å². The molecule has 160 valence electrons. The van der Waals surface area contributed by atoms with Gasteiger partial charge in [0.05, 0.1) is 29.8 Å². The molecule has 32 heavy (non-hydrogen) atoms. The van der Waals surface area contributed by atoms with Crippen LogP contribution in [-0.4, -0.2) is 22.6 Å². The van der Waals surface area contributed by atoms with Crippen molar-refractivity contribution in [1.82, 2.24) is 9.55 Å². The summed E-state index contributed by atoms with van der Waals surface area (Å²) in [5.74, 6) is 0.772. The lowest BCUT2D eigenvalue weighted by Gasteiger charge is -2.30. The number of methoxy groups -OCH3 is 1. The lowest BCUT2D eigenvalue weighted by Crippen LogP contribution is -2.30. The molecule has 3 aromatic carbocycles. The monoisotopic (exact) mass is 428 g/mol. The molecule has 1 atom stereocenters. The number of nitrogens with zero attached hydrogens (tertiary/aromatic N) is 2. The van der Waals surface area contributed by atoms with Crippen molar-refractivity contribution in [3.8, 4) is 5.75 Å². The third kappa shape index (κ3) is 3.37. The van der Waals surface area contributed by atoms with Crippen LogP contribution in [0.2, 0.25) is 0 Å². The highest BCUT2D eigenvalue weighted by Crippen LogP contribution is 2.39. The Morgan fingerprint density at radius 3 is 2.50 bits per heavy atom. The van der Waals surface area contributed by atoms with Crippen LogP contribution in [0.25, 0.3) is 11.0 Å². The van der Waals surface area contributed by atoms with Crippen molar-refractivity contribution in [2.24, 2.45) is 0 Å². The van der Waals surface area contributed by atoms with Gasteiger partial charge in [-0.2, -0.15) is 0 Å². The fourth-order valence-corrected chi connectivity index (χ4v) is 4.09. The molecule has 0 bridgehead atoms. The summed E-state index contributed by atoms with van der Waals surface area (Å²) in [6.45, 7) is 1.86. The molecule has 1 amide bonds.